The Hall–Kier alpha value is -3.13. The van der Waals surface area contributed by atoms with Gasteiger partial charge in [0, 0.05) is 33.3 Å². The maximum Gasteiger partial charge on any atom is 0.329 e. The molecule has 0 aliphatic carbocycles. The number of nitrogens with zero attached hydrogens (tertiary/aromatic N) is 2. The van der Waals surface area contributed by atoms with Crippen LogP contribution in [0.15, 0.2) is 69.1 Å². The van der Waals surface area contributed by atoms with Gasteiger partial charge in [-0.05, 0) is 23.3 Å². The van der Waals surface area contributed by atoms with Crippen LogP contribution in [0.4, 0.5) is 5.82 Å². The molecule has 29 heavy (non-hydrogen) atoms. The lowest BCUT2D eigenvalue weighted by molar-refractivity contribution is 0.602. The summed E-state index contributed by atoms with van der Waals surface area (Å²) in [6.07, 6.45) is 1.41. The zero-order valence-electron chi connectivity index (χ0n) is 16.5. The highest BCUT2D eigenvalue weighted by atomic mass is 32.2. The summed E-state index contributed by atoms with van der Waals surface area (Å²) in [6.45, 7) is 0.518. The fourth-order valence-corrected chi connectivity index (χ4v) is 3.77. The van der Waals surface area contributed by atoms with E-state index < -0.39 is 15.5 Å². The van der Waals surface area contributed by atoms with Gasteiger partial charge in [0.15, 0.2) is 9.84 Å². The molecule has 0 amide bonds. The van der Waals surface area contributed by atoms with E-state index in [1.54, 1.807) is 12.1 Å². The largest absolute Gasteiger partial charge is 0.356 e. The lowest BCUT2D eigenvalue weighted by Gasteiger charge is -2.22. The number of anilines is 1. The number of aromatic amines is 1. The van der Waals surface area contributed by atoms with Gasteiger partial charge in [-0.2, -0.15) is 0 Å². The molecular weight excluding hydrogens is 390 g/mol. The summed E-state index contributed by atoms with van der Waals surface area (Å²) < 4.78 is 24.4. The molecular formula is C21H23N3O4S. The number of hydrogen-bond donors (Lipinski definition) is 1. The molecule has 0 fully saturated rings. The molecule has 8 heteroatoms. The van der Waals surface area contributed by atoms with Gasteiger partial charge in [-0.25, -0.2) is 13.2 Å². The summed E-state index contributed by atoms with van der Waals surface area (Å²) in [6, 6.07) is 16.1. The van der Waals surface area contributed by atoms with E-state index in [2.05, 4.69) is 4.98 Å². The Labute approximate surface area is 169 Å². The zero-order chi connectivity index (χ0) is 21.2. The van der Waals surface area contributed by atoms with Crippen molar-refractivity contribution in [2.24, 2.45) is 7.05 Å². The van der Waals surface area contributed by atoms with E-state index in [0.29, 0.717) is 17.9 Å². The maximum absolute atomic E-state index is 12.8. The molecule has 1 N–H and O–H groups in total. The summed E-state index contributed by atoms with van der Waals surface area (Å²) in [5, 5.41) is 0. The lowest BCUT2D eigenvalue weighted by Crippen LogP contribution is -2.38. The number of sulfone groups is 1. The molecule has 2 aromatic carbocycles. The average Bonchev–Trinajstić information content (AvgIpc) is 2.68. The van der Waals surface area contributed by atoms with Crippen molar-refractivity contribution < 1.29 is 8.42 Å². The van der Waals surface area contributed by atoms with E-state index >= 15 is 0 Å². The Balaban J connectivity index is 2.00. The number of H-pyrrole nitrogens is 1. The molecule has 3 aromatic rings. The molecule has 1 heterocycles. The van der Waals surface area contributed by atoms with Crippen LogP contribution in [0.5, 0.6) is 0 Å². The topological polar surface area (TPSA) is 92.2 Å². The van der Waals surface area contributed by atoms with Crippen LogP contribution in [0.3, 0.4) is 0 Å². The molecule has 0 aliphatic heterocycles. The van der Waals surface area contributed by atoms with Crippen LogP contribution >= 0.6 is 0 Å². The smallest absolute Gasteiger partial charge is 0.329 e. The van der Waals surface area contributed by atoms with Crippen LogP contribution in [0, 0.1) is 0 Å². The molecule has 3 rings (SSSR count). The van der Waals surface area contributed by atoms with E-state index in [1.807, 2.05) is 42.3 Å². The first-order valence-corrected chi connectivity index (χ1v) is 10.9. The van der Waals surface area contributed by atoms with Crippen LogP contribution in [0.1, 0.15) is 16.7 Å². The third-order valence-electron chi connectivity index (χ3n) is 4.76. The zero-order valence-corrected chi connectivity index (χ0v) is 17.4. The molecule has 0 aliphatic rings. The minimum atomic E-state index is -3.29. The first kappa shape index (κ1) is 20.6. The van der Waals surface area contributed by atoms with Gasteiger partial charge in [0.25, 0.3) is 5.56 Å². The second kappa shape index (κ2) is 8.08. The highest BCUT2D eigenvalue weighted by molar-refractivity contribution is 7.90. The predicted molar refractivity (Wildman–Crippen MR) is 113 cm³/mol. The Morgan fingerprint density at radius 3 is 2.17 bits per heavy atom. The van der Waals surface area contributed by atoms with Crippen molar-refractivity contribution in [1.29, 1.82) is 0 Å². The first-order valence-electron chi connectivity index (χ1n) is 9.03. The van der Waals surface area contributed by atoms with Crippen molar-refractivity contribution in [3.05, 3.63) is 92.1 Å². The molecule has 1 aromatic heterocycles. The minimum absolute atomic E-state index is 0.219. The molecule has 0 spiro atoms. The average molecular weight is 413 g/mol. The van der Waals surface area contributed by atoms with Crippen molar-refractivity contribution in [2.45, 2.75) is 17.9 Å². The number of benzene rings is 2. The van der Waals surface area contributed by atoms with Crippen LogP contribution in [0.25, 0.3) is 0 Å². The van der Waals surface area contributed by atoms with Gasteiger partial charge in [-0.15, -0.1) is 0 Å². The Bertz CT molecular complexity index is 1230. The summed E-state index contributed by atoms with van der Waals surface area (Å²) >= 11 is 0. The summed E-state index contributed by atoms with van der Waals surface area (Å²) in [5.41, 5.74) is 1.39. The van der Waals surface area contributed by atoms with Gasteiger partial charge < -0.3 is 4.90 Å². The number of aromatic nitrogens is 2. The van der Waals surface area contributed by atoms with Gasteiger partial charge in [-0.1, -0.05) is 42.5 Å². The molecule has 0 unspecified atom stereocenters. The lowest BCUT2D eigenvalue weighted by atomic mass is 10.1. The Morgan fingerprint density at radius 1 is 0.966 bits per heavy atom. The van der Waals surface area contributed by atoms with Crippen LogP contribution in [-0.2, 0) is 29.9 Å². The molecule has 0 saturated heterocycles. The van der Waals surface area contributed by atoms with Crippen molar-refractivity contribution in [3.8, 4) is 0 Å². The van der Waals surface area contributed by atoms with Gasteiger partial charge in [0.2, 0.25) is 0 Å². The van der Waals surface area contributed by atoms with E-state index in [4.69, 9.17) is 0 Å². The second-order valence-corrected chi connectivity index (χ2v) is 9.07. The maximum atomic E-state index is 12.8. The third-order valence-corrected chi connectivity index (χ3v) is 5.88. The van der Waals surface area contributed by atoms with Crippen LogP contribution in [0.2, 0.25) is 0 Å². The molecule has 0 saturated carbocycles. The Kier molecular flexibility index (Phi) is 5.74. The number of rotatable bonds is 6. The van der Waals surface area contributed by atoms with Crippen molar-refractivity contribution in [1.82, 2.24) is 9.55 Å². The van der Waals surface area contributed by atoms with Crippen molar-refractivity contribution in [2.75, 3.05) is 18.2 Å². The predicted octanol–water partition coefficient (Wildman–Crippen LogP) is 1.70. The van der Waals surface area contributed by atoms with Crippen LogP contribution < -0.4 is 16.1 Å². The standard InChI is InChI=1S/C21H23N3O4S/c1-23(14-16-7-5-4-6-8-16)19-18(20(25)24(2)21(26)22-19)13-15-9-11-17(12-10-15)29(3,27)28/h4-12H,13-14H2,1-3H3,(H,22,26). The van der Waals surface area contributed by atoms with Gasteiger partial charge in [0.05, 0.1) is 10.5 Å². The van der Waals surface area contributed by atoms with Crippen molar-refractivity contribution >= 4 is 15.7 Å². The fraction of sp³-hybridized carbons (Fsp3) is 0.238. The SMILES string of the molecule is CN(Cc1ccccc1)c1[nH]c(=O)n(C)c(=O)c1Cc1ccc(S(C)(=O)=O)cc1. The Morgan fingerprint density at radius 2 is 1.59 bits per heavy atom. The van der Waals surface area contributed by atoms with Gasteiger partial charge in [0.1, 0.15) is 5.82 Å². The number of nitrogens with one attached hydrogen (secondary N) is 1. The van der Waals surface area contributed by atoms with E-state index in [9.17, 15) is 18.0 Å². The monoisotopic (exact) mass is 413 g/mol. The molecule has 152 valence electrons. The molecule has 0 radical (unpaired) electrons. The minimum Gasteiger partial charge on any atom is -0.356 e. The molecule has 7 nitrogen and oxygen atoms in total. The fourth-order valence-electron chi connectivity index (χ4n) is 3.14. The quantitative estimate of drug-likeness (QED) is 0.664. The molecule has 0 atom stereocenters. The van der Waals surface area contributed by atoms with Crippen molar-refractivity contribution in [3.63, 3.8) is 0 Å². The third kappa shape index (κ3) is 4.65. The summed E-state index contributed by atoms with van der Waals surface area (Å²) in [7, 11) is -0.0483. The van der Waals surface area contributed by atoms with E-state index in [0.717, 1.165) is 21.9 Å². The van der Waals surface area contributed by atoms with Gasteiger partial charge in [-0.3, -0.25) is 14.3 Å². The van der Waals surface area contributed by atoms with Crippen LogP contribution in [-0.4, -0.2) is 31.3 Å². The highest BCUT2D eigenvalue weighted by Gasteiger charge is 2.17. The normalized spacial score (nSPS) is 11.4. The number of hydrogen-bond acceptors (Lipinski definition) is 5. The summed E-state index contributed by atoms with van der Waals surface area (Å²) in [5.74, 6) is 0.453. The van der Waals surface area contributed by atoms with E-state index in [-0.39, 0.29) is 16.9 Å². The van der Waals surface area contributed by atoms with Gasteiger partial charge >= 0.3 is 5.69 Å². The second-order valence-electron chi connectivity index (χ2n) is 7.06. The summed E-state index contributed by atoms with van der Waals surface area (Å²) in [4.78, 5) is 29.9. The highest BCUT2D eigenvalue weighted by Crippen LogP contribution is 2.19. The van der Waals surface area contributed by atoms with E-state index in [1.165, 1.54) is 19.2 Å². The first-order chi connectivity index (χ1) is 13.7. The molecule has 0 bridgehead atoms.